The first kappa shape index (κ1) is 19.9. The topological polar surface area (TPSA) is 67.4 Å². The van der Waals surface area contributed by atoms with E-state index in [-0.39, 0.29) is 23.8 Å². The maximum absolute atomic E-state index is 12.5. The molecule has 2 saturated carbocycles. The third kappa shape index (κ3) is 4.52. The average Bonchev–Trinajstić information content (AvgIpc) is 3.22. The molecule has 0 heterocycles. The van der Waals surface area contributed by atoms with Crippen molar-refractivity contribution >= 4 is 11.9 Å². The van der Waals surface area contributed by atoms with Gasteiger partial charge in [0.1, 0.15) is 5.54 Å². The zero-order chi connectivity index (χ0) is 19.2. The molecule has 0 atom stereocenters. The number of amides is 1. The molecule has 0 unspecified atom stereocenters. The summed E-state index contributed by atoms with van der Waals surface area (Å²) >= 11 is 0. The molecule has 2 aliphatic rings. The van der Waals surface area contributed by atoms with E-state index in [0.717, 1.165) is 44.9 Å². The molecular formula is C22H32N2O3. The molecule has 5 nitrogen and oxygen atoms in total. The molecule has 5 heteroatoms. The Morgan fingerprint density at radius 2 is 1.59 bits per heavy atom. The van der Waals surface area contributed by atoms with Crippen molar-refractivity contribution in [3.63, 3.8) is 0 Å². The number of nitrogens with one attached hydrogen (secondary N) is 2. The molecule has 27 heavy (non-hydrogen) atoms. The highest BCUT2D eigenvalue weighted by Crippen LogP contribution is 2.40. The Bertz CT molecular complexity index is 632. The fourth-order valence-corrected chi connectivity index (χ4v) is 4.79. The number of benzene rings is 1. The number of rotatable bonds is 7. The minimum absolute atomic E-state index is 0.0434. The van der Waals surface area contributed by atoms with E-state index in [2.05, 4.69) is 34.9 Å². The second kappa shape index (κ2) is 8.87. The predicted octanol–water partition coefficient (Wildman–Crippen LogP) is 3.08. The number of hydrogen-bond acceptors (Lipinski definition) is 4. The molecular weight excluding hydrogens is 340 g/mol. The van der Waals surface area contributed by atoms with Gasteiger partial charge < -0.3 is 10.1 Å². The van der Waals surface area contributed by atoms with Crippen LogP contribution >= 0.6 is 0 Å². The molecule has 2 aliphatic carbocycles. The Hall–Kier alpha value is -1.88. The minimum Gasteiger partial charge on any atom is -0.468 e. The Balaban J connectivity index is 1.58. The number of methoxy groups -OCH3 is 1. The summed E-state index contributed by atoms with van der Waals surface area (Å²) in [5.74, 6) is -0.294. The SMILES string of the molecule is COC(=O)C1(NCC(=O)NCC2(c3ccccc3)CCCC2)CCCCC1. The lowest BCUT2D eigenvalue weighted by Gasteiger charge is -2.35. The van der Waals surface area contributed by atoms with Crippen molar-refractivity contribution in [3.05, 3.63) is 35.9 Å². The van der Waals surface area contributed by atoms with E-state index < -0.39 is 5.54 Å². The highest BCUT2D eigenvalue weighted by Gasteiger charge is 2.41. The van der Waals surface area contributed by atoms with Gasteiger partial charge in [-0.15, -0.1) is 0 Å². The Morgan fingerprint density at radius 1 is 0.963 bits per heavy atom. The van der Waals surface area contributed by atoms with Crippen molar-refractivity contribution < 1.29 is 14.3 Å². The van der Waals surface area contributed by atoms with Crippen molar-refractivity contribution in [3.8, 4) is 0 Å². The van der Waals surface area contributed by atoms with Gasteiger partial charge in [0, 0.05) is 12.0 Å². The zero-order valence-corrected chi connectivity index (χ0v) is 16.4. The zero-order valence-electron chi connectivity index (χ0n) is 16.4. The molecule has 2 N–H and O–H groups in total. The summed E-state index contributed by atoms with van der Waals surface area (Å²) in [6, 6.07) is 10.5. The summed E-state index contributed by atoms with van der Waals surface area (Å²) in [5, 5.41) is 6.35. The number of carbonyl (C=O) groups excluding carboxylic acids is 2. The fraction of sp³-hybridized carbons (Fsp3) is 0.636. The van der Waals surface area contributed by atoms with E-state index in [0.29, 0.717) is 6.54 Å². The molecule has 0 saturated heterocycles. The molecule has 1 amide bonds. The van der Waals surface area contributed by atoms with Crippen LogP contribution in [0.5, 0.6) is 0 Å². The lowest BCUT2D eigenvalue weighted by molar-refractivity contribution is -0.150. The minimum atomic E-state index is -0.700. The van der Waals surface area contributed by atoms with Gasteiger partial charge >= 0.3 is 5.97 Å². The van der Waals surface area contributed by atoms with Crippen molar-refractivity contribution in [2.45, 2.75) is 68.7 Å². The third-order valence-electron chi connectivity index (χ3n) is 6.44. The molecule has 1 aromatic carbocycles. The van der Waals surface area contributed by atoms with Gasteiger partial charge in [-0.1, -0.05) is 62.4 Å². The number of hydrogen-bond donors (Lipinski definition) is 2. The van der Waals surface area contributed by atoms with Crippen LogP contribution in [0.1, 0.15) is 63.4 Å². The Morgan fingerprint density at radius 3 is 2.22 bits per heavy atom. The van der Waals surface area contributed by atoms with E-state index in [4.69, 9.17) is 4.74 Å². The lowest BCUT2D eigenvalue weighted by atomic mass is 9.79. The van der Waals surface area contributed by atoms with Gasteiger partial charge in [-0.25, -0.2) is 0 Å². The highest BCUT2D eigenvalue weighted by atomic mass is 16.5. The molecule has 0 spiro atoms. The Labute approximate surface area is 162 Å². The van der Waals surface area contributed by atoms with E-state index in [1.165, 1.54) is 25.5 Å². The maximum Gasteiger partial charge on any atom is 0.326 e. The normalized spacial score (nSPS) is 20.8. The maximum atomic E-state index is 12.5. The second-order valence-electron chi connectivity index (χ2n) is 8.12. The molecule has 0 bridgehead atoms. The number of carbonyl (C=O) groups is 2. The monoisotopic (exact) mass is 372 g/mol. The quantitative estimate of drug-likeness (QED) is 0.722. The average molecular weight is 373 g/mol. The summed E-state index contributed by atoms with van der Waals surface area (Å²) < 4.78 is 5.01. The third-order valence-corrected chi connectivity index (χ3v) is 6.44. The largest absolute Gasteiger partial charge is 0.468 e. The first-order chi connectivity index (χ1) is 13.1. The van der Waals surface area contributed by atoms with Crippen LogP contribution in [-0.4, -0.2) is 37.6 Å². The van der Waals surface area contributed by atoms with Gasteiger partial charge in [-0.05, 0) is 31.2 Å². The summed E-state index contributed by atoms with van der Waals surface area (Å²) in [7, 11) is 1.42. The first-order valence-electron chi connectivity index (χ1n) is 10.3. The van der Waals surface area contributed by atoms with Gasteiger partial charge in [0.15, 0.2) is 0 Å². The van der Waals surface area contributed by atoms with Gasteiger partial charge in [-0.3, -0.25) is 14.9 Å². The summed E-state index contributed by atoms with van der Waals surface area (Å²) in [4.78, 5) is 24.8. The first-order valence-corrected chi connectivity index (χ1v) is 10.3. The molecule has 0 aromatic heterocycles. The van der Waals surface area contributed by atoms with Crippen LogP contribution in [0.2, 0.25) is 0 Å². The van der Waals surface area contributed by atoms with Gasteiger partial charge in [0.2, 0.25) is 5.91 Å². The van der Waals surface area contributed by atoms with E-state index in [1.807, 2.05) is 6.07 Å². The van der Waals surface area contributed by atoms with Crippen molar-refractivity contribution in [2.24, 2.45) is 0 Å². The molecule has 148 valence electrons. The smallest absolute Gasteiger partial charge is 0.326 e. The van der Waals surface area contributed by atoms with E-state index in [9.17, 15) is 9.59 Å². The van der Waals surface area contributed by atoms with Gasteiger partial charge in [0.05, 0.1) is 13.7 Å². The second-order valence-corrected chi connectivity index (χ2v) is 8.12. The van der Waals surface area contributed by atoms with E-state index in [1.54, 1.807) is 0 Å². The van der Waals surface area contributed by atoms with Gasteiger partial charge in [0.25, 0.3) is 0 Å². The number of ether oxygens (including phenoxy) is 1. The molecule has 1 aromatic rings. The fourth-order valence-electron chi connectivity index (χ4n) is 4.79. The number of esters is 1. The summed E-state index contributed by atoms with van der Waals surface area (Å²) in [5.41, 5.74) is 0.658. The standard InChI is InChI=1S/C22H32N2O3/c1-27-20(26)22(14-6-3-7-15-22)24-16-19(25)23-17-21(12-8-9-13-21)18-10-4-2-5-11-18/h2,4-5,10-11,24H,3,6-9,12-17H2,1H3,(H,23,25). The molecule has 0 radical (unpaired) electrons. The van der Waals surface area contributed by atoms with Crippen LogP contribution in [0.15, 0.2) is 30.3 Å². The van der Waals surface area contributed by atoms with Crippen LogP contribution < -0.4 is 10.6 Å². The molecule has 2 fully saturated rings. The Kier molecular flexibility index (Phi) is 6.53. The lowest BCUT2D eigenvalue weighted by Crippen LogP contribution is -2.56. The van der Waals surface area contributed by atoms with Crippen LogP contribution in [0.25, 0.3) is 0 Å². The van der Waals surface area contributed by atoms with Gasteiger partial charge in [-0.2, -0.15) is 0 Å². The van der Waals surface area contributed by atoms with Crippen molar-refractivity contribution in [2.75, 3.05) is 20.2 Å². The molecule has 0 aliphatic heterocycles. The van der Waals surface area contributed by atoms with Crippen molar-refractivity contribution in [1.29, 1.82) is 0 Å². The van der Waals surface area contributed by atoms with Crippen LogP contribution in [0.3, 0.4) is 0 Å². The summed E-state index contributed by atoms with van der Waals surface area (Å²) in [6.45, 7) is 0.808. The van der Waals surface area contributed by atoms with Crippen LogP contribution in [0.4, 0.5) is 0 Å². The molecule has 3 rings (SSSR count). The predicted molar refractivity (Wildman–Crippen MR) is 105 cm³/mol. The summed E-state index contributed by atoms with van der Waals surface area (Å²) in [6.07, 6.45) is 9.20. The van der Waals surface area contributed by atoms with Crippen LogP contribution in [-0.2, 0) is 19.7 Å². The van der Waals surface area contributed by atoms with Crippen molar-refractivity contribution in [1.82, 2.24) is 10.6 Å². The highest BCUT2D eigenvalue weighted by molar-refractivity contribution is 5.83. The van der Waals surface area contributed by atoms with E-state index >= 15 is 0 Å². The van der Waals surface area contributed by atoms with Crippen LogP contribution in [0, 0.1) is 0 Å².